The number of rotatable bonds is 3. The third kappa shape index (κ3) is 2.65. The smallest absolute Gasteiger partial charge is 0.314 e. The molecule has 1 aliphatic heterocycles. The van der Waals surface area contributed by atoms with Crippen molar-refractivity contribution in [3.8, 4) is 0 Å². The summed E-state index contributed by atoms with van der Waals surface area (Å²) in [5.74, 6) is -0.0331. The molecule has 0 bridgehead atoms. The van der Waals surface area contributed by atoms with E-state index in [-0.39, 0.29) is 24.4 Å². The Labute approximate surface area is 165 Å². The molecule has 1 aliphatic carbocycles. The highest BCUT2D eigenvalue weighted by Gasteiger charge is 2.55. The number of hydrogen-bond donors (Lipinski definition) is 0. The first-order valence-electron chi connectivity index (χ1n) is 9.14. The number of esters is 1. The SMILES string of the molecule is CCOC(=O)C1(C2c3c(c4cc(Cl)ccc4n3C)CCN2C)CCC1.Cl. The molecule has 2 aromatic rings. The molecule has 142 valence electrons. The van der Waals surface area contributed by atoms with E-state index >= 15 is 0 Å². The fourth-order valence-corrected chi connectivity index (χ4v) is 5.03. The summed E-state index contributed by atoms with van der Waals surface area (Å²) >= 11 is 6.26. The summed E-state index contributed by atoms with van der Waals surface area (Å²) in [5.41, 5.74) is 3.39. The molecule has 1 fully saturated rings. The molecule has 1 unspecified atom stereocenters. The van der Waals surface area contributed by atoms with E-state index in [2.05, 4.69) is 35.7 Å². The van der Waals surface area contributed by atoms with Crippen molar-refractivity contribution in [2.75, 3.05) is 20.2 Å². The van der Waals surface area contributed by atoms with Gasteiger partial charge in [-0.05, 0) is 57.0 Å². The average molecular weight is 397 g/mol. The lowest BCUT2D eigenvalue weighted by atomic mass is 9.61. The number of halogens is 2. The van der Waals surface area contributed by atoms with Crippen LogP contribution in [-0.2, 0) is 23.0 Å². The fourth-order valence-electron chi connectivity index (χ4n) is 4.86. The van der Waals surface area contributed by atoms with Gasteiger partial charge in [-0.3, -0.25) is 9.69 Å². The van der Waals surface area contributed by atoms with Crippen molar-refractivity contribution in [1.29, 1.82) is 0 Å². The van der Waals surface area contributed by atoms with Crippen LogP contribution in [0.3, 0.4) is 0 Å². The predicted octanol–water partition coefficient (Wildman–Crippen LogP) is 4.52. The van der Waals surface area contributed by atoms with Crippen LogP contribution in [0, 0.1) is 5.41 Å². The molecule has 2 heterocycles. The zero-order chi connectivity index (χ0) is 17.8. The van der Waals surface area contributed by atoms with Gasteiger partial charge in [0.25, 0.3) is 0 Å². The highest BCUT2D eigenvalue weighted by Crippen LogP contribution is 2.56. The minimum atomic E-state index is -0.411. The summed E-state index contributed by atoms with van der Waals surface area (Å²) in [6, 6.07) is 6.17. The largest absolute Gasteiger partial charge is 0.466 e. The molecule has 1 aromatic carbocycles. The van der Waals surface area contributed by atoms with Crippen LogP contribution in [0.15, 0.2) is 18.2 Å². The van der Waals surface area contributed by atoms with E-state index in [4.69, 9.17) is 16.3 Å². The molecule has 0 saturated heterocycles. The summed E-state index contributed by atoms with van der Waals surface area (Å²) in [6.07, 6.45) is 3.89. The molecule has 4 rings (SSSR count). The molecule has 0 N–H and O–H groups in total. The maximum Gasteiger partial charge on any atom is 0.314 e. The zero-order valence-corrected chi connectivity index (χ0v) is 17.1. The van der Waals surface area contributed by atoms with Crippen LogP contribution < -0.4 is 0 Å². The maximum absolute atomic E-state index is 12.9. The molecule has 6 heteroatoms. The third-order valence-corrected chi connectivity index (χ3v) is 6.42. The van der Waals surface area contributed by atoms with Crippen molar-refractivity contribution >= 4 is 40.9 Å². The third-order valence-electron chi connectivity index (χ3n) is 6.18. The molecule has 26 heavy (non-hydrogen) atoms. The van der Waals surface area contributed by atoms with Gasteiger partial charge in [-0.25, -0.2) is 0 Å². The predicted molar refractivity (Wildman–Crippen MR) is 107 cm³/mol. The van der Waals surface area contributed by atoms with Gasteiger partial charge in [0.05, 0.1) is 18.1 Å². The molecule has 0 spiro atoms. The highest BCUT2D eigenvalue weighted by atomic mass is 35.5. The van der Waals surface area contributed by atoms with Crippen LogP contribution in [-0.4, -0.2) is 35.6 Å². The first-order valence-corrected chi connectivity index (χ1v) is 9.51. The summed E-state index contributed by atoms with van der Waals surface area (Å²) in [7, 11) is 4.25. The van der Waals surface area contributed by atoms with Crippen LogP contribution in [0.2, 0.25) is 5.02 Å². The standard InChI is InChI=1S/C20H25ClN2O2.ClH/c1-4-25-19(24)20(9-5-10-20)18-17-14(8-11-22(18)2)15-12-13(21)6-7-16(15)23(17)3;/h6-7,12,18H,4-5,8-11H2,1-3H3;1H. The molecular formula is C20H26Cl2N2O2. The second-order valence-corrected chi connectivity index (χ2v) is 7.88. The number of fused-ring (bicyclic) bond motifs is 3. The average Bonchev–Trinajstić information content (AvgIpc) is 2.81. The topological polar surface area (TPSA) is 34.5 Å². The van der Waals surface area contributed by atoms with Crippen molar-refractivity contribution < 1.29 is 9.53 Å². The van der Waals surface area contributed by atoms with Gasteiger partial charge < -0.3 is 9.30 Å². The van der Waals surface area contributed by atoms with Gasteiger partial charge in [-0.15, -0.1) is 12.4 Å². The van der Waals surface area contributed by atoms with Crippen LogP contribution in [0.4, 0.5) is 0 Å². The minimum absolute atomic E-state index is 0. The van der Waals surface area contributed by atoms with Gasteiger partial charge >= 0.3 is 5.97 Å². The first kappa shape index (κ1) is 19.5. The number of benzene rings is 1. The molecule has 4 nitrogen and oxygen atoms in total. The molecule has 0 radical (unpaired) electrons. The van der Waals surface area contributed by atoms with Crippen LogP contribution >= 0.6 is 24.0 Å². The van der Waals surface area contributed by atoms with E-state index in [1.807, 2.05) is 13.0 Å². The first-order chi connectivity index (χ1) is 12.0. The molecule has 1 saturated carbocycles. The molecule has 1 atom stereocenters. The van der Waals surface area contributed by atoms with Crippen LogP contribution in [0.1, 0.15) is 43.5 Å². The lowest BCUT2D eigenvalue weighted by Gasteiger charge is -2.50. The Balaban J connectivity index is 0.00000196. The van der Waals surface area contributed by atoms with Crippen molar-refractivity contribution in [3.05, 3.63) is 34.5 Å². The van der Waals surface area contributed by atoms with Crippen molar-refractivity contribution in [3.63, 3.8) is 0 Å². The highest BCUT2D eigenvalue weighted by molar-refractivity contribution is 6.31. The minimum Gasteiger partial charge on any atom is -0.466 e. The van der Waals surface area contributed by atoms with Crippen molar-refractivity contribution in [2.45, 2.75) is 38.6 Å². The second-order valence-electron chi connectivity index (χ2n) is 7.45. The Morgan fingerprint density at radius 1 is 1.35 bits per heavy atom. The summed E-state index contributed by atoms with van der Waals surface area (Å²) < 4.78 is 7.77. The number of aryl methyl sites for hydroxylation is 1. The van der Waals surface area contributed by atoms with Crippen molar-refractivity contribution in [1.82, 2.24) is 9.47 Å². The summed E-state index contributed by atoms with van der Waals surface area (Å²) in [4.78, 5) is 15.2. The van der Waals surface area contributed by atoms with Crippen molar-refractivity contribution in [2.24, 2.45) is 12.5 Å². The summed E-state index contributed by atoms with van der Waals surface area (Å²) in [6.45, 7) is 3.28. The Bertz CT molecular complexity index is 842. The number of ether oxygens (including phenoxy) is 1. The van der Waals surface area contributed by atoms with E-state index < -0.39 is 5.41 Å². The Morgan fingerprint density at radius 3 is 2.69 bits per heavy atom. The van der Waals surface area contributed by atoms with Crippen LogP contribution in [0.25, 0.3) is 10.9 Å². The number of hydrogen-bond acceptors (Lipinski definition) is 3. The second kappa shape index (κ2) is 7.06. The van der Waals surface area contributed by atoms with E-state index in [0.29, 0.717) is 6.61 Å². The number of likely N-dealkylation sites (N-methyl/N-ethyl adjacent to an activating group) is 1. The fraction of sp³-hybridized carbons (Fsp3) is 0.550. The number of nitrogens with zero attached hydrogens (tertiary/aromatic N) is 2. The molecule has 2 aliphatic rings. The normalized spacial score (nSPS) is 21.6. The zero-order valence-electron chi connectivity index (χ0n) is 15.5. The Morgan fingerprint density at radius 2 is 2.08 bits per heavy atom. The van der Waals surface area contributed by atoms with Gasteiger partial charge in [0.2, 0.25) is 0 Å². The maximum atomic E-state index is 12.9. The lowest BCUT2D eigenvalue weighted by Crippen LogP contribution is -2.52. The Hall–Kier alpha value is -1.23. The monoisotopic (exact) mass is 396 g/mol. The number of aromatic nitrogens is 1. The van der Waals surface area contributed by atoms with Gasteiger partial charge in [0.1, 0.15) is 0 Å². The quantitative estimate of drug-likeness (QED) is 0.715. The number of carbonyl (C=O) groups excluding carboxylic acids is 1. The Kier molecular flexibility index (Phi) is 5.31. The van der Waals surface area contributed by atoms with E-state index in [1.54, 1.807) is 0 Å². The van der Waals surface area contributed by atoms with Gasteiger partial charge in [0.15, 0.2) is 0 Å². The summed E-state index contributed by atoms with van der Waals surface area (Å²) in [5, 5.41) is 1.99. The lowest BCUT2D eigenvalue weighted by molar-refractivity contribution is -0.168. The van der Waals surface area contributed by atoms with E-state index in [9.17, 15) is 4.79 Å². The molecule has 0 amide bonds. The van der Waals surface area contributed by atoms with Gasteiger partial charge in [0, 0.05) is 35.2 Å². The van der Waals surface area contributed by atoms with Crippen LogP contribution in [0.5, 0.6) is 0 Å². The van der Waals surface area contributed by atoms with E-state index in [0.717, 1.165) is 37.3 Å². The van der Waals surface area contributed by atoms with Gasteiger partial charge in [-0.2, -0.15) is 0 Å². The number of carbonyl (C=O) groups is 1. The van der Waals surface area contributed by atoms with Gasteiger partial charge in [-0.1, -0.05) is 18.0 Å². The molecule has 1 aromatic heterocycles. The molecular weight excluding hydrogens is 371 g/mol. The van der Waals surface area contributed by atoms with E-state index in [1.165, 1.54) is 22.2 Å².